The van der Waals surface area contributed by atoms with E-state index >= 15 is 0 Å². The number of carbonyl (C=O) groups is 1. The molecule has 1 aromatic carbocycles. The number of nitrogens with zero attached hydrogens (tertiary/aromatic N) is 4. The van der Waals surface area contributed by atoms with Crippen LogP contribution in [-0.4, -0.2) is 47.4 Å². The molecule has 1 fully saturated rings. The van der Waals surface area contributed by atoms with Crippen LogP contribution in [0, 0.1) is 0 Å². The number of amides is 1. The smallest absolute Gasteiger partial charge is 0.296 e. The lowest BCUT2D eigenvalue weighted by molar-refractivity contribution is 0.102. The lowest BCUT2D eigenvalue weighted by atomic mass is 10.2. The third-order valence-electron chi connectivity index (χ3n) is 4.30. The summed E-state index contributed by atoms with van der Waals surface area (Å²) in [4.78, 5) is 19.0. The van der Waals surface area contributed by atoms with Crippen molar-refractivity contribution in [1.29, 1.82) is 0 Å². The third kappa shape index (κ3) is 5.00. The number of hydrogen-bond donors (Lipinski definition) is 1. The lowest BCUT2D eigenvalue weighted by Gasteiger charge is -2.29. The van der Waals surface area contributed by atoms with Crippen molar-refractivity contribution in [2.45, 2.75) is 6.61 Å². The number of carbonyl (C=O) groups excluding carboxylic acids is 1. The Balaban J connectivity index is 1.40. The van der Waals surface area contributed by atoms with Gasteiger partial charge in [0.1, 0.15) is 6.61 Å². The Morgan fingerprint density at radius 1 is 1.21 bits per heavy atom. The Hall–Kier alpha value is -2.75. The van der Waals surface area contributed by atoms with Gasteiger partial charge in [0.15, 0.2) is 0 Å². The highest BCUT2D eigenvalue weighted by atomic mass is 35.5. The van der Waals surface area contributed by atoms with Crippen molar-refractivity contribution < 1.29 is 14.3 Å². The van der Waals surface area contributed by atoms with Crippen LogP contribution in [0.5, 0.6) is 5.19 Å². The van der Waals surface area contributed by atoms with Crippen molar-refractivity contribution in [3.63, 3.8) is 0 Å². The van der Waals surface area contributed by atoms with Crippen LogP contribution in [0.4, 0.5) is 10.8 Å². The van der Waals surface area contributed by atoms with Crippen LogP contribution in [0.1, 0.15) is 15.9 Å². The average Bonchev–Trinajstić information content (AvgIpc) is 3.21. The van der Waals surface area contributed by atoms with E-state index in [2.05, 4.69) is 25.4 Å². The van der Waals surface area contributed by atoms with Crippen molar-refractivity contribution >= 4 is 39.7 Å². The number of benzene rings is 1. The molecule has 1 aliphatic heterocycles. The molecular formula is C19H18ClN5O3S. The summed E-state index contributed by atoms with van der Waals surface area (Å²) in [5.41, 5.74) is 2.26. The van der Waals surface area contributed by atoms with E-state index in [9.17, 15) is 4.79 Å². The second-order valence-electron chi connectivity index (χ2n) is 6.23. The standard InChI is InChI=1S/C19H18ClN5O3S/c20-14-3-1-13(2-4-14)12-28-19-24-23-18(29-19)22-17(26)15-5-6-21-11-16(15)25-7-9-27-10-8-25/h1-6,11H,7-10,12H2,(H,22,23,26). The van der Waals surface area contributed by atoms with Crippen LogP contribution in [0.2, 0.25) is 5.02 Å². The molecule has 0 spiro atoms. The molecule has 2 aromatic heterocycles. The zero-order valence-corrected chi connectivity index (χ0v) is 16.9. The molecule has 150 valence electrons. The van der Waals surface area contributed by atoms with Gasteiger partial charge >= 0.3 is 0 Å². The van der Waals surface area contributed by atoms with E-state index in [0.29, 0.717) is 53.8 Å². The minimum absolute atomic E-state index is 0.269. The predicted octanol–water partition coefficient (Wildman–Crippen LogP) is 3.25. The summed E-state index contributed by atoms with van der Waals surface area (Å²) in [5.74, 6) is -0.269. The topological polar surface area (TPSA) is 89.5 Å². The SMILES string of the molecule is O=C(Nc1nnc(OCc2ccc(Cl)cc2)s1)c1ccncc1N1CCOCC1. The van der Waals surface area contributed by atoms with Crippen molar-refractivity contribution in [2.75, 3.05) is 36.5 Å². The van der Waals surface area contributed by atoms with Crippen molar-refractivity contribution in [3.05, 3.63) is 58.9 Å². The summed E-state index contributed by atoms with van der Waals surface area (Å²) in [7, 11) is 0. The summed E-state index contributed by atoms with van der Waals surface area (Å²) >= 11 is 7.05. The van der Waals surface area contributed by atoms with Gasteiger partial charge in [-0.1, -0.05) is 28.8 Å². The van der Waals surface area contributed by atoms with Gasteiger partial charge in [0.05, 0.1) is 30.7 Å². The van der Waals surface area contributed by atoms with Crippen molar-refractivity contribution in [2.24, 2.45) is 0 Å². The number of rotatable bonds is 6. The van der Waals surface area contributed by atoms with Crippen LogP contribution in [0.3, 0.4) is 0 Å². The van der Waals surface area contributed by atoms with E-state index in [1.54, 1.807) is 30.6 Å². The van der Waals surface area contributed by atoms with Crippen molar-refractivity contribution in [1.82, 2.24) is 15.2 Å². The molecule has 1 aliphatic rings. The second-order valence-corrected chi connectivity index (χ2v) is 7.61. The highest BCUT2D eigenvalue weighted by Gasteiger charge is 2.20. The normalized spacial score (nSPS) is 13.9. The fourth-order valence-electron chi connectivity index (χ4n) is 2.84. The Labute approximate surface area is 176 Å². The summed E-state index contributed by atoms with van der Waals surface area (Å²) < 4.78 is 11.0. The molecule has 1 saturated heterocycles. The monoisotopic (exact) mass is 431 g/mol. The Morgan fingerprint density at radius 3 is 2.79 bits per heavy atom. The zero-order chi connectivity index (χ0) is 20.1. The molecule has 0 unspecified atom stereocenters. The molecule has 3 heterocycles. The molecule has 0 saturated carbocycles. The molecule has 1 amide bonds. The third-order valence-corrected chi connectivity index (χ3v) is 5.30. The van der Waals surface area contributed by atoms with Gasteiger partial charge in [-0.2, -0.15) is 0 Å². The van der Waals surface area contributed by atoms with Gasteiger partial charge in [-0.15, -0.1) is 5.10 Å². The van der Waals surface area contributed by atoms with Gasteiger partial charge in [-0.3, -0.25) is 15.1 Å². The molecule has 4 rings (SSSR count). The largest absolute Gasteiger partial charge is 0.464 e. The minimum Gasteiger partial charge on any atom is -0.464 e. The molecule has 0 aliphatic carbocycles. The number of halogens is 1. The molecule has 1 N–H and O–H groups in total. The van der Waals surface area contributed by atoms with Gasteiger partial charge in [-0.05, 0) is 35.1 Å². The summed E-state index contributed by atoms with van der Waals surface area (Å²) in [6.45, 7) is 3.02. The first-order valence-electron chi connectivity index (χ1n) is 8.98. The minimum atomic E-state index is -0.269. The van der Waals surface area contributed by atoms with E-state index in [-0.39, 0.29) is 5.91 Å². The first kappa shape index (κ1) is 19.6. The van der Waals surface area contributed by atoms with Crippen LogP contribution in [0.25, 0.3) is 0 Å². The van der Waals surface area contributed by atoms with Crippen LogP contribution in [0.15, 0.2) is 42.7 Å². The van der Waals surface area contributed by atoms with Gasteiger partial charge in [0, 0.05) is 24.3 Å². The molecule has 29 heavy (non-hydrogen) atoms. The van der Waals surface area contributed by atoms with E-state index in [4.69, 9.17) is 21.1 Å². The average molecular weight is 432 g/mol. The number of aromatic nitrogens is 3. The molecule has 10 heteroatoms. The molecular weight excluding hydrogens is 414 g/mol. The molecule has 3 aromatic rings. The summed E-state index contributed by atoms with van der Waals surface area (Å²) in [5, 5.41) is 12.2. The number of morpholine rings is 1. The van der Waals surface area contributed by atoms with E-state index in [1.807, 2.05) is 12.1 Å². The van der Waals surface area contributed by atoms with Crippen LogP contribution in [-0.2, 0) is 11.3 Å². The highest BCUT2D eigenvalue weighted by molar-refractivity contribution is 7.17. The number of ether oxygens (including phenoxy) is 2. The van der Waals surface area contributed by atoms with Crippen LogP contribution < -0.4 is 15.0 Å². The van der Waals surface area contributed by atoms with Crippen molar-refractivity contribution in [3.8, 4) is 5.19 Å². The molecule has 0 bridgehead atoms. The fraction of sp³-hybridized carbons (Fsp3) is 0.263. The van der Waals surface area contributed by atoms with Gasteiger partial charge in [0.2, 0.25) is 5.13 Å². The predicted molar refractivity (Wildman–Crippen MR) is 111 cm³/mol. The summed E-state index contributed by atoms with van der Waals surface area (Å²) in [6.07, 6.45) is 3.29. The maximum Gasteiger partial charge on any atom is 0.296 e. The Bertz CT molecular complexity index is 976. The van der Waals surface area contributed by atoms with Crippen LogP contribution >= 0.6 is 22.9 Å². The number of nitrogens with one attached hydrogen (secondary N) is 1. The second kappa shape index (κ2) is 9.17. The van der Waals surface area contributed by atoms with E-state index in [0.717, 1.165) is 11.3 Å². The van der Waals surface area contributed by atoms with E-state index < -0.39 is 0 Å². The number of pyridine rings is 1. The Morgan fingerprint density at radius 2 is 2.00 bits per heavy atom. The summed E-state index contributed by atoms with van der Waals surface area (Å²) in [6, 6.07) is 9.05. The fourth-order valence-corrected chi connectivity index (χ4v) is 3.56. The maximum atomic E-state index is 12.8. The maximum absolute atomic E-state index is 12.8. The van der Waals surface area contributed by atoms with Gasteiger partial charge in [-0.25, -0.2) is 0 Å². The molecule has 8 nitrogen and oxygen atoms in total. The molecule has 0 atom stereocenters. The number of anilines is 2. The zero-order valence-electron chi connectivity index (χ0n) is 15.4. The number of hydrogen-bond acceptors (Lipinski definition) is 8. The molecule has 0 radical (unpaired) electrons. The highest BCUT2D eigenvalue weighted by Crippen LogP contribution is 2.26. The van der Waals surface area contributed by atoms with Gasteiger partial charge in [0.25, 0.3) is 11.1 Å². The van der Waals surface area contributed by atoms with Gasteiger partial charge < -0.3 is 14.4 Å². The van der Waals surface area contributed by atoms with E-state index in [1.165, 1.54) is 11.3 Å². The Kier molecular flexibility index (Phi) is 6.18. The first-order valence-corrected chi connectivity index (χ1v) is 10.2. The first-order chi connectivity index (χ1) is 14.2. The lowest BCUT2D eigenvalue weighted by Crippen LogP contribution is -2.37. The quantitative estimate of drug-likeness (QED) is 0.640.